The van der Waals surface area contributed by atoms with E-state index in [2.05, 4.69) is 20.9 Å². The fraction of sp³-hybridized carbons (Fsp3) is 0.462. The largest absolute Gasteiger partial charge is 0.497 e. The minimum absolute atomic E-state index is 0.197. The maximum absolute atomic E-state index is 11.0. The van der Waals surface area contributed by atoms with Crippen molar-refractivity contribution in [3.63, 3.8) is 0 Å². The number of likely N-dealkylation sites (tertiary alicyclic amines) is 1. The highest BCUT2D eigenvalue weighted by Crippen LogP contribution is 2.33. The van der Waals surface area contributed by atoms with Crippen LogP contribution in [0.4, 0.5) is 0 Å². The third-order valence-corrected chi connectivity index (χ3v) is 7.63. The van der Waals surface area contributed by atoms with Crippen LogP contribution in [0.15, 0.2) is 59.9 Å². The molecule has 0 aliphatic carbocycles. The Hall–Kier alpha value is -2.19. The van der Waals surface area contributed by atoms with Crippen molar-refractivity contribution in [3.8, 4) is 5.75 Å². The summed E-state index contributed by atoms with van der Waals surface area (Å²) in [5, 5.41) is 22.0. The molecule has 0 radical (unpaired) electrons. The third kappa shape index (κ3) is 6.23. The maximum Gasteiger partial charge on any atom is 0.119 e. The molecule has 2 N–H and O–H groups in total. The van der Waals surface area contributed by atoms with E-state index >= 15 is 0 Å². The van der Waals surface area contributed by atoms with Crippen LogP contribution in [0.5, 0.6) is 5.75 Å². The van der Waals surface area contributed by atoms with Gasteiger partial charge in [-0.1, -0.05) is 0 Å². The van der Waals surface area contributed by atoms with E-state index in [4.69, 9.17) is 4.74 Å². The summed E-state index contributed by atoms with van der Waals surface area (Å²) in [6.07, 6.45) is 7.53. The Balaban J connectivity index is 1.30. The molecule has 6 nitrogen and oxygen atoms in total. The van der Waals surface area contributed by atoms with Crippen LogP contribution in [0, 0.1) is 11.8 Å². The van der Waals surface area contributed by atoms with Crippen molar-refractivity contribution in [2.24, 2.45) is 11.8 Å². The summed E-state index contributed by atoms with van der Waals surface area (Å²) in [6, 6.07) is 11.7. The zero-order valence-electron chi connectivity index (χ0n) is 19.1. The van der Waals surface area contributed by atoms with E-state index in [0.717, 1.165) is 60.4 Å². The molecule has 2 aromatic heterocycles. The van der Waals surface area contributed by atoms with Crippen molar-refractivity contribution in [2.45, 2.75) is 30.3 Å². The molecule has 0 amide bonds. The number of methoxy groups -OCH3 is 1. The molecule has 1 aromatic carbocycles. The first-order chi connectivity index (χ1) is 16.2. The van der Waals surface area contributed by atoms with Crippen LogP contribution in [0.2, 0.25) is 0 Å². The molecule has 1 saturated heterocycles. The molecule has 7 heteroatoms. The second-order valence-corrected chi connectivity index (χ2v) is 9.87. The van der Waals surface area contributed by atoms with E-state index in [1.54, 1.807) is 19.5 Å². The number of ether oxygens (including phenoxy) is 1. The molecule has 3 atom stereocenters. The lowest BCUT2D eigenvalue weighted by molar-refractivity contribution is 0.0608. The van der Waals surface area contributed by atoms with Gasteiger partial charge in [-0.3, -0.25) is 9.97 Å². The molecule has 3 heterocycles. The standard InChI is InChI=1S/C26H33N3O3S/c1-32-21-5-6-25-24(15-21)23(8-11-28-25)26(31)7-4-19-9-12-29(17-20(19)18-30)13-14-33-22-3-2-10-27-16-22/h2-3,5-6,8,10-11,15-16,19-20,26,30-31H,4,7,9,12-14,17-18H2,1H3/t19-,20-,26+/m1/s1. The number of piperidine rings is 1. The number of hydrogen-bond donors (Lipinski definition) is 2. The fourth-order valence-corrected chi connectivity index (χ4v) is 5.66. The molecule has 1 aliphatic rings. The molecular formula is C26H33N3O3S. The number of hydrogen-bond acceptors (Lipinski definition) is 7. The van der Waals surface area contributed by atoms with Gasteiger partial charge in [0.1, 0.15) is 5.75 Å². The summed E-state index contributed by atoms with van der Waals surface area (Å²) < 4.78 is 5.36. The Morgan fingerprint density at radius 1 is 1.21 bits per heavy atom. The van der Waals surface area contributed by atoms with Gasteiger partial charge in [-0.2, -0.15) is 0 Å². The first-order valence-corrected chi connectivity index (χ1v) is 12.6. The summed E-state index contributed by atoms with van der Waals surface area (Å²) in [5.41, 5.74) is 1.75. The highest BCUT2D eigenvalue weighted by Gasteiger charge is 2.29. The average molecular weight is 468 g/mol. The van der Waals surface area contributed by atoms with E-state index in [9.17, 15) is 10.2 Å². The second kappa shape index (κ2) is 11.8. The Labute approximate surface area is 200 Å². The van der Waals surface area contributed by atoms with Crippen LogP contribution in [0.1, 0.15) is 30.9 Å². The molecule has 4 rings (SSSR count). The van der Waals surface area contributed by atoms with Gasteiger partial charge in [0.25, 0.3) is 0 Å². The highest BCUT2D eigenvalue weighted by atomic mass is 32.2. The number of aliphatic hydroxyl groups excluding tert-OH is 2. The Kier molecular flexibility index (Phi) is 8.56. The number of pyridine rings is 2. The first-order valence-electron chi connectivity index (χ1n) is 11.6. The number of nitrogens with zero attached hydrogens (tertiary/aromatic N) is 3. The quantitative estimate of drug-likeness (QED) is 0.433. The summed E-state index contributed by atoms with van der Waals surface area (Å²) in [4.78, 5) is 12.2. The topological polar surface area (TPSA) is 78.7 Å². The Bertz CT molecular complexity index is 1020. The van der Waals surface area contributed by atoms with Gasteiger partial charge in [-0.05, 0) is 79.6 Å². The number of aromatic nitrogens is 2. The predicted octanol–water partition coefficient (Wildman–Crippen LogP) is 4.17. The normalized spacial score (nSPS) is 20.1. The average Bonchev–Trinajstić information content (AvgIpc) is 2.87. The van der Waals surface area contributed by atoms with E-state index in [-0.39, 0.29) is 12.5 Å². The van der Waals surface area contributed by atoms with Gasteiger partial charge in [0.15, 0.2) is 0 Å². The highest BCUT2D eigenvalue weighted by molar-refractivity contribution is 7.99. The van der Waals surface area contributed by atoms with Gasteiger partial charge >= 0.3 is 0 Å². The van der Waals surface area contributed by atoms with Gasteiger partial charge in [0.05, 0.1) is 18.7 Å². The van der Waals surface area contributed by atoms with E-state index in [1.807, 2.05) is 48.3 Å². The Morgan fingerprint density at radius 2 is 2.12 bits per heavy atom. The van der Waals surface area contributed by atoms with Crippen molar-refractivity contribution >= 4 is 22.7 Å². The van der Waals surface area contributed by atoms with Gasteiger partial charge in [-0.25, -0.2) is 0 Å². The van der Waals surface area contributed by atoms with E-state index < -0.39 is 6.10 Å². The SMILES string of the molecule is COc1ccc2nccc([C@@H](O)CC[C@@H]3CCN(CCSc4cccnc4)C[C@@H]3CO)c2c1. The molecule has 1 fully saturated rings. The van der Waals surface area contributed by atoms with Crippen LogP contribution < -0.4 is 4.74 Å². The fourth-order valence-electron chi connectivity index (χ4n) is 4.76. The monoisotopic (exact) mass is 467 g/mol. The van der Waals surface area contributed by atoms with Crippen molar-refractivity contribution < 1.29 is 14.9 Å². The molecule has 0 spiro atoms. The van der Waals surface area contributed by atoms with Crippen LogP contribution in [0.25, 0.3) is 10.9 Å². The summed E-state index contributed by atoms with van der Waals surface area (Å²) in [5.74, 6) is 2.46. The van der Waals surface area contributed by atoms with Crippen LogP contribution >= 0.6 is 11.8 Å². The van der Waals surface area contributed by atoms with Crippen molar-refractivity contribution in [1.82, 2.24) is 14.9 Å². The molecule has 3 aromatic rings. The molecule has 1 aliphatic heterocycles. The lowest BCUT2D eigenvalue weighted by atomic mass is 9.81. The zero-order valence-corrected chi connectivity index (χ0v) is 20.0. The molecule has 0 bridgehead atoms. The van der Waals surface area contributed by atoms with Gasteiger partial charge in [0.2, 0.25) is 0 Å². The van der Waals surface area contributed by atoms with Crippen molar-refractivity contribution in [2.75, 3.05) is 39.1 Å². The van der Waals surface area contributed by atoms with Gasteiger partial charge < -0.3 is 19.8 Å². The number of fused-ring (bicyclic) bond motifs is 1. The minimum atomic E-state index is -0.559. The van der Waals surface area contributed by atoms with Gasteiger partial charge in [0, 0.05) is 54.3 Å². The molecule has 0 unspecified atom stereocenters. The summed E-state index contributed by atoms with van der Waals surface area (Å²) >= 11 is 1.83. The maximum atomic E-state index is 11.0. The van der Waals surface area contributed by atoms with Crippen LogP contribution in [-0.4, -0.2) is 64.2 Å². The lowest BCUT2D eigenvalue weighted by Gasteiger charge is -2.38. The number of rotatable bonds is 10. The number of aliphatic hydroxyl groups is 2. The first kappa shape index (κ1) is 24.0. The minimum Gasteiger partial charge on any atom is -0.497 e. The van der Waals surface area contributed by atoms with Crippen molar-refractivity contribution in [3.05, 3.63) is 60.6 Å². The van der Waals surface area contributed by atoms with E-state index in [0.29, 0.717) is 12.3 Å². The van der Waals surface area contributed by atoms with Crippen LogP contribution in [-0.2, 0) is 0 Å². The van der Waals surface area contributed by atoms with Crippen molar-refractivity contribution in [1.29, 1.82) is 0 Å². The van der Waals surface area contributed by atoms with Crippen LogP contribution in [0.3, 0.4) is 0 Å². The zero-order chi connectivity index (χ0) is 23.0. The lowest BCUT2D eigenvalue weighted by Crippen LogP contribution is -2.43. The second-order valence-electron chi connectivity index (χ2n) is 8.71. The number of benzene rings is 1. The summed E-state index contributed by atoms with van der Waals surface area (Å²) in [6.45, 7) is 3.17. The molecular weight excluding hydrogens is 434 g/mol. The number of thioether (sulfide) groups is 1. The smallest absolute Gasteiger partial charge is 0.119 e. The Morgan fingerprint density at radius 3 is 2.91 bits per heavy atom. The van der Waals surface area contributed by atoms with E-state index in [1.165, 1.54) is 4.90 Å². The third-order valence-electron chi connectivity index (χ3n) is 6.67. The molecule has 176 valence electrons. The predicted molar refractivity (Wildman–Crippen MR) is 133 cm³/mol. The molecule has 33 heavy (non-hydrogen) atoms. The molecule has 0 saturated carbocycles. The summed E-state index contributed by atoms with van der Waals surface area (Å²) in [7, 11) is 1.65. The van der Waals surface area contributed by atoms with Gasteiger partial charge in [-0.15, -0.1) is 11.8 Å².